The number of fused-ring (bicyclic) bond motifs is 1. The molecule has 0 spiro atoms. The number of carbonyl (C=O) groups excluding carboxylic acids is 2. The molecule has 140 valence electrons. The summed E-state index contributed by atoms with van der Waals surface area (Å²) in [6.07, 6.45) is 0.534. The number of hydrogen-bond donors (Lipinski definition) is 0. The van der Waals surface area contributed by atoms with Crippen LogP contribution in [0, 0.1) is 11.3 Å². The van der Waals surface area contributed by atoms with E-state index in [1.54, 1.807) is 31.4 Å². The van der Waals surface area contributed by atoms with Gasteiger partial charge >= 0.3 is 0 Å². The molecule has 3 aromatic rings. The summed E-state index contributed by atoms with van der Waals surface area (Å²) in [6, 6.07) is 20.1. The zero-order valence-electron chi connectivity index (χ0n) is 15.8. The molecule has 0 atom stereocenters. The first-order valence-electron chi connectivity index (χ1n) is 8.91. The van der Waals surface area contributed by atoms with Crippen molar-refractivity contribution in [2.24, 2.45) is 0 Å². The van der Waals surface area contributed by atoms with E-state index in [-0.39, 0.29) is 18.4 Å². The van der Waals surface area contributed by atoms with Crippen molar-refractivity contribution in [3.63, 3.8) is 0 Å². The number of amides is 2. The maximum absolute atomic E-state index is 12.8. The van der Waals surface area contributed by atoms with Crippen molar-refractivity contribution in [2.45, 2.75) is 13.3 Å². The quantitative estimate of drug-likeness (QED) is 0.680. The Labute approximate surface area is 163 Å². The predicted molar refractivity (Wildman–Crippen MR) is 107 cm³/mol. The van der Waals surface area contributed by atoms with Crippen molar-refractivity contribution in [3.8, 4) is 11.8 Å². The summed E-state index contributed by atoms with van der Waals surface area (Å²) in [4.78, 5) is 26.1. The number of methoxy groups -OCH3 is 1. The Morgan fingerprint density at radius 1 is 1.07 bits per heavy atom. The average Bonchev–Trinajstić information content (AvgIpc) is 2.73. The fourth-order valence-electron chi connectivity index (χ4n) is 3.14. The van der Waals surface area contributed by atoms with E-state index in [0.29, 0.717) is 17.5 Å². The lowest BCUT2D eigenvalue weighted by molar-refractivity contribution is -0.126. The Morgan fingerprint density at radius 3 is 2.46 bits per heavy atom. The summed E-state index contributed by atoms with van der Waals surface area (Å²) in [7, 11) is 1.62. The molecule has 0 heterocycles. The molecular weight excluding hydrogens is 352 g/mol. The first-order valence-corrected chi connectivity index (χ1v) is 8.91. The minimum absolute atomic E-state index is 0.268. The van der Waals surface area contributed by atoms with Crippen LogP contribution in [0.2, 0.25) is 0 Å². The number of nitrogens with zero attached hydrogens (tertiary/aromatic N) is 2. The molecule has 3 rings (SSSR count). The van der Waals surface area contributed by atoms with Crippen LogP contribution in [-0.4, -0.2) is 30.4 Å². The lowest BCUT2D eigenvalue weighted by atomic mass is 10.0. The van der Waals surface area contributed by atoms with Gasteiger partial charge in [-0.05, 0) is 59.2 Å². The molecule has 0 saturated heterocycles. The highest BCUT2D eigenvalue weighted by atomic mass is 16.5. The van der Waals surface area contributed by atoms with E-state index in [9.17, 15) is 9.59 Å². The van der Waals surface area contributed by atoms with Crippen molar-refractivity contribution in [1.82, 2.24) is 4.90 Å². The van der Waals surface area contributed by atoms with Gasteiger partial charge in [0, 0.05) is 19.0 Å². The Bertz CT molecular complexity index is 1070. The van der Waals surface area contributed by atoms with Crippen molar-refractivity contribution >= 4 is 22.6 Å². The average molecular weight is 372 g/mol. The summed E-state index contributed by atoms with van der Waals surface area (Å²) < 4.78 is 5.31. The van der Waals surface area contributed by atoms with Gasteiger partial charge in [0.25, 0.3) is 5.91 Å². The van der Waals surface area contributed by atoms with Gasteiger partial charge in [0.2, 0.25) is 5.91 Å². The van der Waals surface area contributed by atoms with Gasteiger partial charge in [-0.1, -0.05) is 24.3 Å². The van der Waals surface area contributed by atoms with Crippen molar-refractivity contribution < 1.29 is 14.3 Å². The van der Waals surface area contributed by atoms with Crippen LogP contribution in [0.25, 0.3) is 10.8 Å². The molecule has 0 saturated carbocycles. The second-order valence-electron chi connectivity index (χ2n) is 6.42. The number of hydrogen-bond acceptors (Lipinski definition) is 4. The summed E-state index contributed by atoms with van der Waals surface area (Å²) in [5, 5.41) is 11.0. The molecule has 0 fully saturated rings. The zero-order chi connectivity index (χ0) is 20.1. The van der Waals surface area contributed by atoms with E-state index >= 15 is 0 Å². The van der Waals surface area contributed by atoms with Gasteiger partial charge in [-0.25, -0.2) is 0 Å². The molecule has 0 aromatic heterocycles. The molecule has 0 radical (unpaired) electrons. The summed E-state index contributed by atoms with van der Waals surface area (Å²) in [5.74, 6) is 0.0824. The minimum Gasteiger partial charge on any atom is -0.497 e. The van der Waals surface area contributed by atoms with Gasteiger partial charge in [0.15, 0.2) is 0 Å². The monoisotopic (exact) mass is 372 g/mol. The topological polar surface area (TPSA) is 70.4 Å². The number of nitriles is 1. The molecule has 0 unspecified atom stereocenters. The van der Waals surface area contributed by atoms with Crippen molar-refractivity contribution in [2.75, 3.05) is 13.7 Å². The second-order valence-corrected chi connectivity index (χ2v) is 6.42. The first kappa shape index (κ1) is 19.1. The highest BCUT2D eigenvalue weighted by Gasteiger charge is 2.20. The SMILES string of the molecule is COc1ccc2cccc(CCN(C(C)=O)C(=O)c3ccc(C#N)cc3)c2c1. The molecule has 0 N–H and O–H groups in total. The standard InChI is InChI=1S/C23H20N2O3/c1-16(26)25(23(27)20-8-6-17(15-24)7-9-20)13-12-19-5-3-4-18-10-11-21(28-2)14-22(18)19/h3-11,14H,12-13H2,1-2H3. The summed E-state index contributed by atoms with van der Waals surface area (Å²) in [6.45, 7) is 1.65. The molecule has 2 amide bonds. The lowest BCUT2D eigenvalue weighted by Gasteiger charge is -2.20. The molecule has 0 aliphatic heterocycles. The van der Waals surface area contributed by atoms with Gasteiger partial charge in [0.1, 0.15) is 5.75 Å². The van der Waals surface area contributed by atoms with Crippen LogP contribution in [0.5, 0.6) is 5.75 Å². The fourth-order valence-corrected chi connectivity index (χ4v) is 3.14. The molecular formula is C23H20N2O3. The van der Waals surface area contributed by atoms with E-state index in [1.807, 2.05) is 42.5 Å². The van der Waals surface area contributed by atoms with Crippen LogP contribution in [0.1, 0.15) is 28.4 Å². The van der Waals surface area contributed by atoms with Crippen LogP contribution in [0.3, 0.4) is 0 Å². The summed E-state index contributed by atoms with van der Waals surface area (Å²) in [5.41, 5.74) is 1.89. The Hall–Kier alpha value is -3.65. The van der Waals surface area contributed by atoms with E-state index in [1.165, 1.54) is 11.8 Å². The third-order valence-corrected chi connectivity index (χ3v) is 4.67. The third kappa shape index (κ3) is 4.02. The molecule has 5 heteroatoms. The second kappa shape index (κ2) is 8.36. The maximum Gasteiger partial charge on any atom is 0.260 e. The van der Waals surface area contributed by atoms with Crippen LogP contribution in [0.4, 0.5) is 0 Å². The highest BCUT2D eigenvalue weighted by Crippen LogP contribution is 2.24. The smallest absolute Gasteiger partial charge is 0.260 e. The maximum atomic E-state index is 12.8. The van der Waals surface area contributed by atoms with E-state index < -0.39 is 0 Å². The number of imide groups is 1. The van der Waals surface area contributed by atoms with E-state index in [0.717, 1.165) is 22.1 Å². The molecule has 5 nitrogen and oxygen atoms in total. The minimum atomic E-state index is -0.366. The Kier molecular flexibility index (Phi) is 5.71. The van der Waals surface area contributed by atoms with E-state index in [2.05, 4.69) is 0 Å². The lowest BCUT2D eigenvalue weighted by Crippen LogP contribution is -2.36. The van der Waals surface area contributed by atoms with Crippen molar-refractivity contribution in [1.29, 1.82) is 5.26 Å². The van der Waals surface area contributed by atoms with Crippen LogP contribution in [0.15, 0.2) is 60.7 Å². The summed E-state index contributed by atoms with van der Waals surface area (Å²) >= 11 is 0. The van der Waals surface area contributed by atoms with Crippen LogP contribution < -0.4 is 4.74 Å². The molecule has 0 bridgehead atoms. The zero-order valence-corrected chi connectivity index (χ0v) is 15.8. The van der Waals surface area contributed by atoms with Crippen LogP contribution >= 0.6 is 0 Å². The number of rotatable bonds is 5. The number of benzene rings is 3. The van der Waals surface area contributed by atoms with Gasteiger partial charge in [0.05, 0.1) is 18.7 Å². The Morgan fingerprint density at radius 2 is 1.82 bits per heavy atom. The number of carbonyl (C=O) groups is 2. The fraction of sp³-hybridized carbons (Fsp3) is 0.174. The van der Waals surface area contributed by atoms with Gasteiger partial charge in [-0.2, -0.15) is 5.26 Å². The number of ether oxygens (including phenoxy) is 1. The molecule has 0 aliphatic rings. The van der Waals surface area contributed by atoms with Crippen LogP contribution in [-0.2, 0) is 11.2 Å². The molecule has 28 heavy (non-hydrogen) atoms. The van der Waals surface area contributed by atoms with Gasteiger partial charge in [-0.3, -0.25) is 14.5 Å². The Balaban J connectivity index is 1.84. The largest absolute Gasteiger partial charge is 0.497 e. The van der Waals surface area contributed by atoms with Gasteiger partial charge in [-0.15, -0.1) is 0 Å². The highest BCUT2D eigenvalue weighted by molar-refractivity contribution is 6.04. The van der Waals surface area contributed by atoms with Gasteiger partial charge < -0.3 is 4.74 Å². The first-order chi connectivity index (χ1) is 13.5. The third-order valence-electron chi connectivity index (χ3n) is 4.67. The normalized spacial score (nSPS) is 10.3. The predicted octanol–water partition coefficient (Wildman–Crippen LogP) is 3.95. The van der Waals surface area contributed by atoms with Crippen molar-refractivity contribution in [3.05, 3.63) is 77.4 Å². The van der Waals surface area contributed by atoms with E-state index in [4.69, 9.17) is 10.00 Å². The molecule has 3 aromatic carbocycles. The molecule has 0 aliphatic carbocycles.